The Hall–Kier alpha value is -4.45. The number of hydrogen-bond donors (Lipinski definition) is 2. The van der Waals surface area contributed by atoms with Gasteiger partial charge in [-0.05, 0) is 47.0 Å². The van der Waals surface area contributed by atoms with Crippen LogP contribution in [0.2, 0.25) is 0 Å². The molecule has 3 aromatic rings. The number of fused-ring (bicyclic) bond motifs is 3. The Bertz CT molecular complexity index is 1410. The van der Waals surface area contributed by atoms with Crippen molar-refractivity contribution in [2.75, 3.05) is 27.6 Å². The number of carbonyl (C=O) groups is 1. The van der Waals surface area contributed by atoms with Crippen LogP contribution in [-0.2, 0) is 16.1 Å². The summed E-state index contributed by atoms with van der Waals surface area (Å²) in [6, 6.07) is 9.61. The van der Waals surface area contributed by atoms with Crippen molar-refractivity contribution in [1.29, 1.82) is 0 Å². The first-order chi connectivity index (χ1) is 18.4. The fraction of sp³-hybridized carbons (Fsp3) is 0.346. The van der Waals surface area contributed by atoms with Crippen LogP contribution >= 0.6 is 0 Å². The van der Waals surface area contributed by atoms with E-state index in [1.807, 2.05) is 12.1 Å². The van der Waals surface area contributed by atoms with Crippen LogP contribution in [0.15, 0.2) is 40.8 Å². The Morgan fingerprint density at radius 2 is 1.74 bits per heavy atom. The summed E-state index contributed by atoms with van der Waals surface area (Å²) < 4.78 is 33.0. The Morgan fingerprint density at radius 3 is 2.37 bits per heavy atom. The predicted octanol–water partition coefficient (Wildman–Crippen LogP) is 3.40. The van der Waals surface area contributed by atoms with Gasteiger partial charge in [0.15, 0.2) is 23.0 Å². The molecule has 1 aromatic heterocycles. The predicted molar refractivity (Wildman–Crippen MR) is 129 cm³/mol. The third kappa shape index (κ3) is 3.76. The molecule has 4 atom stereocenters. The second kappa shape index (κ2) is 9.14. The van der Waals surface area contributed by atoms with Crippen LogP contribution < -0.4 is 24.3 Å². The van der Waals surface area contributed by atoms with Crippen molar-refractivity contribution in [3.05, 3.63) is 69.0 Å². The van der Waals surface area contributed by atoms with E-state index < -0.39 is 16.8 Å². The number of nitrogens with zero attached hydrogens (tertiary/aromatic N) is 1. The van der Waals surface area contributed by atoms with Gasteiger partial charge in [-0.2, -0.15) is 0 Å². The summed E-state index contributed by atoms with van der Waals surface area (Å²) in [5.41, 5.74) is 2.38. The van der Waals surface area contributed by atoms with Crippen molar-refractivity contribution >= 4 is 11.9 Å². The molecule has 12 nitrogen and oxygen atoms in total. The molecule has 0 radical (unpaired) electrons. The first-order valence-electron chi connectivity index (χ1n) is 11.9. The molecule has 1 aliphatic carbocycles. The summed E-state index contributed by atoms with van der Waals surface area (Å²) in [5, 5.41) is 25.0. The van der Waals surface area contributed by atoms with E-state index >= 15 is 0 Å². The Labute approximate surface area is 216 Å². The van der Waals surface area contributed by atoms with Gasteiger partial charge in [0.2, 0.25) is 12.5 Å². The molecule has 38 heavy (non-hydrogen) atoms. The molecular formula is C26H24N2O10. The molecule has 2 aliphatic heterocycles. The van der Waals surface area contributed by atoms with Crippen LogP contribution in [0, 0.1) is 22.0 Å². The average molecular weight is 524 g/mol. The number of methoxy groups -OCH3 is 2. The summed E-state index contributed by atoms with van der Waals surface area (Å²) in [6.45, 7) is 0.443. The molecular weight excluding hydrogens is 500 g/mol. The number of phenols is 1. The summed E-state index contributed by atoms with van der Waals surface area (Å²) in [7, 11) is 2.88. The molecule has 3 aliphatic rings. The number of rotatable bonds is 7. The van der Waals surface area contributed by atoms with Gasteiger partial charge in [0.05, 0.1) is 39.4 Å². The highest BCUT2D eigenvalue weighted by Crippen LogP contribution is 2.55. The SMILES string of the molecule is COc1cc([C@@H]2c3cc4c(cc3[C@@H](NCc3ccc([N+](=O)[O-])o3)[C@H]3COC(=O)[C@H]23)OCO4)cc(OC)c1O. The van der Waals surface area contributed by atoms with E-state index in [1.54, 1.807) is 18.2 Å². The minimum atomic E-state index is -0.593. The number of nitro groups is 1. The molecule has 0 spiro atoms. The number of hydrogen-bond acceptors (Lipinski definition) is 11. The normalized spacial score (nSPS) is 22.9. The molecule has 1 fully saturated rings. The largest absolute Gasteiger partial charge is 0.502 e. The Kier molecular flexibility index (Phi) is 5.75. The van der Waals surface area contributed by atoms with Gasteiger partial charge >= 0.3 is 11.9 Å². The van der Waals surface area contributed by atoms with Crippen LogP contribution in [0.5, 0.6) is 28.7 Å². The third-order valence-electron chi connectivity index (χ3n) is 7.37. The van der Waals surface area contributed by atoms with Crippen LogP contribution in [0.4, 0.5) is 5.88 Å². The number of carbonyl (C=O) groups excluding carboxylic acids is 1. The van der Waals surface area contributed by atoms with E-state index in [-0.39, 0.29) is 61.0 Å². The van der Waals surface area contributed by atoms with E-state index in [4.69, 9.17) is 28.1 Å². The highest BCUT2D eigenvalue weighted by Gasteiger charge is 2.52. The maximum atomic E-state index is 13.2. The van der Waals surface area contributed by atoms with Crippen molar-refractivity contribution in [1.82, 2.24) is 5.32 Å². The Balaban J connectivity index is 1.47. The quantitative estimate of drug-likeness (QED) is 0.266. The number of esters is 1. The lowest BCUT2D eigenvalue weighted by Crippen LogP contribution is -2.40. The second-order valence-corrected chi connectivity index (χ2v) is 9.26. The molecule has 0 saturated carbocycles. The first-order valence-corrected chi connectivity index (χ1v) is 11.9. The molecule has 0 unspecified atom stereocenters. The zero-order chi connectivity index (χ0) is 26.6. The van der Waals surface area contributed by atoms with E-state index in [9.17, 15) is 20.0 Å². The molecule has 0 amide bonds. The molecule has 6 rings (SSSR count). The number of cyclic esters (lactones) is 1. The van der Waals surface area contributed by atoms with E-state index in [2.05, 4.69) is 5.32 Å². The van der Waals surface area contributed by atoms with Gasteiger partial charge in [-0.3, -0.25) is 14.9 Å². The summed E-state index contributed by atoms with van der Waals surface area (Å²) in [4.78, 5) is 23.6. The van der Waals surface area contributed by atoms with Crippen molar-refractivity contribution in [3.8, 4) is 28.7 Å². The molecule has 3 heterocycles. The first kappa shape index (κ1) is 23.9. The van der Waals surface area contributed by atoms with Gasteiger partial charge in [-0.25, -0.2) is 0 Å². The van der Waals surface area contributed by atoms with Gasteiger partial charge < -0.3 is 38.5 Å². The fourth-order valence-corrected chi connectivity index (χ4v) is 5.69. The van der Waals surface area contributed by atoms with Gasteiger partial charge in [-0.15, -0.1) is 0 Å². The van der Waals surface area contributed by atoms with Crippen molar-refractivity contribution in [3.63, 3.8) is 0 Å². The van der Waals surface area contributed by atoms with E-state index in [0.717, 1.165) is 11.1 Å². The number of ether oxygens (including phenoxy) is 5. The van der Waals surface area contributed by atoms with Crippen molar-refractivity contribution in [2.45, 2.75) is 18.5 Å². The Morgan fingerprint density at radius 1 is 1.05 bits per heavy atom. The third-order valence-corrected chi connectivity index (χ3v) is 7.37. The summed E-state index contributed by atoms with van der Waals surface area (Å²) in [5.74, 6) is -0.227. The van der Waals surface area contributed by atoms with Gasteiger partial charge in [0.25, 0.3) is 0 Å². The van der Waals surface area contributed by atoms with Crippen LogP contribution in [-0.4, -0.2) is 43.6 Å². The number of nitrogens with one attached hydrogen (secondary N) is 1. The van der Waals surface area contributed by atoms with Crippen LogP contribution in [0.3, 0.4) is 0 Å². The molecule has 0 bridgehead atoms. The number of phenolic OH excluding ortho intramolecular Hbond substituents is 1. The maximum absolute atomic E-state index is 13.2. The van der Waals surface area contributed by atoms with Crippen molar-refractivity contribution in [2.24, 2.45) is 11.8 Å². The number of aromatic hydroxyl groups is 1. The van der Waals surface area contributed by atoms with Gasteiger partial charge in [0, 0.05) is 17.9 Å². The van der Waals surface area contributed by atoms with E-state index in [0.29, 0.717) is 22.8 Å². The lowest BCUT2D eigenvalue weighted by Gasteiger charge is -2.39. The molecule has 1 saturated heterocycles. The van der Waals surface area contributed by atoms with Crippen molar-refractivity contribution < 1.29 is 42.9 Å². The van der Waals surface area contributed by atoms with Crippen LogP contribution in [0.25, 0.3) is 0 Å². The smallest absolute Gasteiger partial charge is 0.433 e. The highest BCUT2D eigenvalue weighted by atomic mass is 16.7. The minimum Gasteiger partial charge on any atom is -0.502 e. The lowest BCUT2D eigenvalue weighted by atomic mass is 9.65. The zero-order valence-electron chi connectivity index (χ0n) is 20.5. The number of benzene rings is 2. The average Bonchev–Trinajstić information content (AvgIpc) is 3.66. The summed E-state index contributed by atoms with van der Waals surface area (Å²) >= 11 is 0. The fourth-order valence-electron chi connectivity index (χ4n) is 5.69. The van der Waals surface area contributed by atoms with Gasteiger partial charge in [-0.1, -0.05) is 0 Å². The van der Waals surface area contributed by atoms with Crippen LogP contribution in [0.1, 0.15) is 34.4 Å². The standard InChI is InChI=1S/C26H24N2O10/c1-33-19-5-12(6-20(34-2)25(19)29)22-14-7-17-18(37-11-36-17)8-15(14)24(16-10-35-26(30)23(16)22)27-9-13-3-4-21(38-13)28(31)32/h3-8,16,22-24,27,29H,9-11H2,1-2H3/t16-,22+,23-,24+/m0/s1. The topological polar surface area (TPSA) is 152 Å². The second-order valence-electron chi connectivity index (χ2n) is 9.26. The number of furan rings is 1. The minimum absolute atomic E-state index is 0.0762. The molecule has 198 valence electrons. The monoisotopic (exact) mass is 524 g/mol. The van der Waals surface area contributed by atoms with Gasteiger partial charge in [0.1, 0.15) is 10.7 Å². The molecule has 2 N–H and O–H groups in total. The zero-order valence-corrected chi connectivity index (χ0v) is 20.5. The maximum Gasteiger partial charge on any atom is 0.433 e. The lowest BCUT2D eigenvalue weighted by molar-refractivity contribution is -0.402. The molecule has 2 aromatic carbocycles. The summed E-state index contributed by atoms with van der Waals surface area (Å²) in [6.07, 6.45) is 0. The highest BCUT2D eigenvalue weighted by molar-refractivity contribution is 5.79. The molecule has 12 heteroatoms. The van der Waals surface area contributed by atoms with E-state index in [1.165, 1.54) is 20.3 Å².